The molecule has 1 aromatic carbocycles. The molecule has 2 rings (SSSR count). The van der Waals surface area contributed by atoms with E-state index in [1.165, 1.54) is 32.4 Å². The maximum Gasteiger partial charge on any atom is 0.137 e. The number of piperidine rings is 1. The Hall–Kier alpha value is -0.730. The second-order valence-electron chi connectivity index (χ2n) is 4.53. The van der Waals surface area contributed by atoms with E-state index < -0.39 is 0 Å². The maximum atomic E-state index is 6.02. The van der Waals surface area contributed by atoms with E-state index >= 15 is 0 Å². The Bertz CT molecular complexity index is 337. The van der Waals surface area contributed by atoms with Crippen LogP contribution in [-0.4, -0.2) is 31.1 Å². The number of ether oxygens (including phenoxy) is 1. The minimum absolute atomic E-state index is 0.700. The first-order valence-electron chi connectivity index (χ1n) is 6.46. The van der Waals surface area contributed by atoms with E-state index in [-0.39, 0.29) is 0 Å². The molecular weight excluding hydrogens is 234 g/mol. The van der Waals surface area contributed by atoms with Gasteiger partial charge < -0.3 is 9.64 Å². The molecule has 1 aliphatic heterocycles. The third-order valence-electron chi connectivity index (χ3n) is 3.16. The average Bonchev–Trinajstić information content (AvgIpc) is 2.38. The summed E-state index contributed by atoms with van der Waals surface area (Å²) in [7, 11) is 0. The van der Waals surface area contributed by atoms with Crippen LogP contribution >= 0.6 is 11.6 Å². The van der Waals surface area contributed by atoms with Crippen LogP contribution in [0.1, 0.15) is 25.7 Å². The fraction of sp³-hybridized carbons (Fsp3) is 0.571. The number of rotatable bonds is 5. The SMILES string of the molecule is Clc1ccccc1OCCCN1CCCCC1. The normalized spacial score (nSPS) is 17.0. The zero-order valence-electron chi connectivity index (χ0n) is 10.2. The molecule has 94 valence electrons. The summed E-state index contributed by atoms with van der Waals surface area (Å²) in [5.41, 5.74) is 0. The van der Waals surface area contributed by atoms with Gasteiger partial charge in [0.15, 0.2) is 0 Å². The summed E-state index contributed by atoms with van der Waals surface area (Å²) in [6, 6.07) is 7.65. The van der Waals surface area contributed by atoms with Crippen LogP contribution < -0.4 is 4.74 Å². The summed E-state index contributed by atoms with van der Waals surface area (Å²) in [4.78, 5) is 2.53. The number of nitrogens with zero attached hydrogens (tertiary/aromatic N) is 1. The quantitative estimate of drug-likeness (QED) is 0.744. The van der Waals surface area contributed by atoms with Gasteiger partial charge in [0.1, 0.15) is 5.75 Å². The van der Waals surface area contributed by atoms with Gasteiger partial charge >= 0.3 is 0 Å². The average molecular weight is 254 g/mol. The predicted molar refractivity (Wildman–Crippen MR) is 71.9 cm³/mol. The lowest BCUT2D eigenvalue weighted by atomic mass is 10.1. The molecule has 1 aromatic rings. The van der Waals surface area contributed by atoms with Crippen LogP contribution in [-0.2, 0) is 0 Å². The van der Waals surface area contributed by atoms with Crippen LogP contribution in [0.4, 0.5) is 0 Å². The highest BCUT2D eigenvalue weighted by atomic mass is 35.5. The third kappa shape index (κ3) is 4.21. The van der Waals surface area contributed by atoms with Gasteiger partial charge in [0, 0.05) is 6.54 Å². The number of benzene rings is 1. The van der Waals surface area contributed by atoms with Gasteiger partial charge in [-0.05, 0) is 44.5 Å². The fourth-order valence-electron chi connectivity index (χ4n) is 2.22. The fourth-order valence-corrected chi connectivity index (χ4v) is 2.41. The minimum atomic E-state index is 0.700. The van der Waals surface area contributed by atoms with E-state index in [4.69, 9.17) is 16.3 Å². The summed E-state index contributed by atoms with van der Waals surface area (Å²) in [6.07, 6.45) is 5.18. The first kappa shape index (κ1) is 12.7. The van der Waals surface area contributed by atoms with Crippen LogP contribution in [0.5, 0.6) is 5.75 Å². The molecule has 2 nitrogen and oxygen atoms in total. The molecule has 17 heavy (non-hydrogen) atoms. The van der Waals surface area contributed by atoms with Gasteiger partial charge in [-0.2, -0.15) is 0 Å². The van der Waals surface area contributed by atoms with Crippen molar-refractivity contribution in [2.75, 3.05) is 26.2 Å². The van der Waals surface area contributed by atoms with Gasteiger partial charge in [-0.25, -0.2) is 0 Å². The van der Waals surface area contributed by atoms with Crippen molar-refractivity contribution in [1.29, 1.82) is 0 Å². The summed E-state index contributed by atoms with van der Waals surface area (Å²) in [5, 5.41) is 0.700. The molecule has 1 fully saturated rings. The van der Waals surface area contributed by atoms with E-state index in [0.717, 1.165) is 25.3 Å². The molecule has 0 radical (unpaired) electrons. The number of hydrogen-bond donors (Lipinski definition) is 0. The van der Waals surface area contributed by atoms with Crippen molar-refractivity contribution in [1.82, 2.24) is 4.90 Å². The molecule has 1 saturated heterocycles. The van der Waals surface area contributed by atoms with Crippen LogP contribution in [0.2, 0.25) is 5.02 Å². The predicted octanol–water partition coefficient (Wildman–Crippen LogP) is 3.59. The standard InChI is InChI=1S/C14H20ClNO/c15-13-7-2-3-8-14(13)17-12-6-11-16-9-4-1-5-10-16/h2-3,7-8H,1,4-6,9-12H2. The van der Waals surface area contributed by atoms with Crippen molar-refractivity contribution >= 4 is 11.6 Å². The van der Waals surface area contributed by atoms with Crippen LogP contribution in [0.25, 0.3) is 0 Å². The summed E-state index contributed by atoms with van der Waals surface area (Å²) in [5.74, 6) is 0.799. The minimum Gasteiger partial charge on any atom is -0.492 e. The largest absolute Gasteiger partial charge is 0.492 e. The highest BCUT2D eigenvalue weighted by Gasteiger charge is 2.09. The van der Waals surface area contributed by atoms with Gasteiger partial charge in [-0.3, -0.25) is 0 Å². The van der Waals surface area contributed by atoms with Crippen LogP contribution in [0.15, 0.2) is 24.3 Å². The highest BCUT2D eigenvalue weighted by molar-refractivity contribution is 6.32. The molecule has 0 aromatic heterocycles. The first-order chi connectivity index (χ1) is 8.36. The maximum absolute atomic E-state index is 6.02. The second-order valence-corrected chi connectivity index (χ2v) is 4.94. The molecule has 0 aliphatic carbocycles. The highest BCUT2D eigenvalue weighted by Crippen LogP contribution is 2.23. The smallest absolute Gasteiger partial charge is 0.137 e. The second kappa shape index (κ2) is 6.87. The van der Waals surface area contributed by atoms with Crippen molar-refractivity contribution in [3.8, 4) is 5.75 Å². The van der Waals surface area contributed by atoms with Crippen molar-refractivity contribution in [3.63, 3.8) is 0 Å². The Morgan fingerprint density at radius 1 is 1.12 bits per heavy atom. The van der Waals surface area contributed by atoms with Crippen molar-refractivity contribution in [3.05, 3.63) is 29.3 Å². The van der Waals surface area contributed by atoms with E-state index in [0.29, 0.717) is 5.02 Å². The molecular formula is C14H20ClNO. The van der Waals surface area contributed by atoms with Crippen LogP contribution in [0.3, 0.4) is 0 Å². The molecule has 0 bridgehead atoms. The molecule has 0 unspecified atom stereocenters. The molecule has 0 saturated carbocycles. The van der Waals surface area contributed by atoms with E-state index in [9.17, 15) is 0 Å². The number of hydrogen-bond acceptors (Lipinski definition) is 2. The molecule has 1 heterocycles. The van der Waals surface area contributed by atoms with Crippen molar-refractivity contribution < 1.29 is 4.74 Å². The van der Waals surface area contributed by atoms with Crippen LogP contribution in [0, 0.1) is 0 Å². The van der Waals surface area contributed by atoms with Crippen molar-refractivity contribution in [2.45, 2.75) is 25.7 Å². The summed E-state index contributed by atoms with van der Waals surface area (Å²) in [6.45, 7) is 4.41. The Kier molecular flexibility index (Phi) is 5.14. The summed E-state index contributed by atoms with van der Waals surface area (Å²) < 4.78 is 5.67. The molecule has 0 spiro atoms. The Labute approximate surface area is 109 Å². The van der Waals surface area contributed by atoms with E-state index in [2.05, 4.69) is 4.90 Å². The molecule has 0 N–H and O–H groups in total. The van der Waals surface area contributed by atoms with E-state index in [1.54, 1.807) is 0 Å². The Morgan fingerprint density at radius 2 is 1.88 bits per heavy atom. The van der Waals surface area contributed by atoms with Gasteiger partial charge in [0.2, 0.25) is 0 Å². The zero-order valence-corrected chi connectivity index (χ0v) is 11.0. The molecule has 0 atom stereocenters. The Morgan fingerprint density at radius 3 is 2.65 bits per heavy atom. The molecule has 1 aliphatic rings. The lowest BCUT2D eigenvalue weighted by Gasteiger charge is -2.26. The van der Waals surface area contributed by atoms with Crippen molar-refractivity contribution in [2.24, 2.45) is 0 Å². The molecule has 0 amide bonds. The topological polar surface area (TPSA) is 12.5 Å². The number of halogens is 1. The number of para-hydroxylation sites is 1. The monoisotopic (exact) mass is 253 g/mol. The van der Waals surface area contributed by atoms with Gasteiger partial charge in [-0.15, -0.1) is 0 Å². The third-order valence-corrected chi connectivity index (χ3v) is 3.47. The van der Waals surface area contributed by atoms with Gasteiger partial charge in [0.25, 0.3) is 0 Å². The van der Waals surface area contributed by atoms with Gasteiger partial charge in [0.05, 0.1) is 11.6 Å². The van der Waals surface area contributed by atoms with E-state index in [1.807, 2.05) is 24.3 Å². The summed E-state index contributed by atoms with van der Waals surface area (Å²) >= 11 is 6.02. The lowest BCUT2D eigenvalue weighted by Crippen LogP contribution is -2.31. The van der Waals surface area contributed by atoms with Gasteiger partial charge in [-0.1, -0.05) is 30.2 Å². The molecule has 3 heteroatoms. The Balaban J connectivity index is 1.64. The number of likely N-dealkylation sites (tertiary alicyclic amines) is 1. The first-order valence-corrected chi connectivity index (χ1v) is 6.84. The lowest BCUT2D eigenvalue weighted by molar-refractivity contribution is 0.205. The zero-order chi connectivity index (χ0) is 11.9.